The zero-order chi connectivity index (χ0) is 15.9. The summed E-state index contributed by atoms with van der Waals surface area (Å²) in [5, 5.41) is 2.95. The molecule has 1 aromatic carbocycles. The first-order valence-electron chi connectivity index (χ1n) is 7.80. The molecule has 1 heterocycles. The summed E-state index contributed by atoms with van der Waals surface area (Å²) in [6, 6.07) is 10.3. The third kappa shape index (κ3) is 4.84. The van der Waals surface area contributed by atoms with Crippen LogP contribution in [0.5, 0.6) is 0 Å². The quantitative estimate of drug-likeness (QED) is 0.856. The van der Waals surface area contributed by atoms with Crippen molar-refractivity contribution in [1.82, 2.24) is 15.1 Å². The molecule has 5 heteroatoms. The van der Waals surface area contributed by atoms with Crippen LogP contribution in [0.4, 0.5) is 0 Å². The fraction of sp³-hybridized carbons (Fsp3) is 0.529. The first-order valence-corrected chi connectivity index (χ1v) is 7.80. The first-order chi connectivity index (χ1) is 10.6. The van der Waals surface area contributed by atoms with E-state index < -0.39 is 0 Å². The Morgan fingerprint density at radius 2 is 2.09 bits per heavy atom. The van der Waals surface area contributed by atoms with Crippen molar-refractivity contribution in [1.29, 1.82) is 0 Å². The van der Waals surface area contributed by atoms with E-state index >= 15 is 0 Å². The summed E-state index contributed by atoms with van der Waals surface area (Å²) in [5.41, 5.74) is 1.26. The minimum absolute atomic E-state index is 0.00885. The third-order valence-electron chi connectivity index (χ3n) is 4.12. The molecule has 0 unspecified atom stereocenters. The maximum absolute atomic E-state index is 12.1. The van der Waals surface area contributed by atoms with Gasteiger partial charge in [-0.1, -0.05) is 30.3 Å². The van der Waals surface area contributed by atoms with Crippen LogP contribution in [0.15, 0.2) is 30.3 Å². The normalized spacial score (nSPS) is 18.6. The van der Waals surface area contributed by atoms with Gasteiger partial charge in [0.15, 0.2) is 0 Å². The third-order valence-corrected chi connectivity index (χ3v) is 4.12. The van der Waals surface area contributed by atoms with Crippen LogP contribution in [0.3, 0.4) is 0 Å². The Kier molecular flexibility index (Phi) is 5.95. The van der Waals surface area contributed by atoms with E-state index in [1.54, 1.807) is 11.9 Å². The number of piperidine rings is 1. The summed E-state index contributed by atoms with van der Waals surface area (Å²) in [6.07, 6.45) is 1.09. The number of hydrogen-bond acceptors (Lipinski definition) is 3. The van der Waals surface area contributed by atoms with Crippen LogP contribution in [-0.2, 0) is 16.1 Å². The van der Waals surface area contributed by atoms with Crippen molar-refractivity contribution in [2.75, 3.05) is 33.7 Å². The monoisotopic (exact) mass is 303 g/mol. The second-order valence-corrected chi connectivity index (χ2v) is 6.02. The van der Waals surface area contributed by atoms with Crippen molar-refractivity contribution in [2.24, 2.45) is 5.92 Å². The molecule has 0 saturated carbocycles. The van der Waals surface area contributed by atoms with Gasteiger partial charge in [-0.25, -0.2) is 0 Å². The van der Waals surface area contributed by atoms with Gasteiger partial charge in [0.05, 0.1) is 0 Å². The van der Waals surface area contributed by atoms with E-state index in [0.717, 1.165) is 19.5 Å². The van der Waals surface area contributed by atoms with E-state index in [9.17, 15) is 9.59 Å². The molecule has 1 aliphatic heterocycles. The first kappa shape index (κ1) is 16.5. The Morgan fingerprint density at radius 1 is 1.36 bits per heavy atom. The number of nitrogens with one attached hydrogen (secondary N) is 1. The van der Waals surface area contributed by atoms with Crippen LogP contribution in [0.1, 0.15) is 18.4 Å². The topological polar surface area (TPSA) is 52.7 Å². The van der Waals surface area contributed by atoms with Crippen molar-refractivity contribution in [3.8, 4) is 0 Å². The Balaban J connectivity index is 1.67. The summed E-state index contributed by atoms with van der Waals surface area (Å²) >= 11 is 0. The molecule has 5 nitrogen and oxygen atoms in total. The second-order valence-electron chi connectivity index (χ2n) is 6.02. The highest BCUT2D eigenvalue weighted by Gasteiger charge is 2.28. The number of nitrogens with zero attached hydrogens (tertiary/aromatic N) is 2. The number of amides is 2. The minimum atomic E-state index is -0.164. The molecular formula is C17H25N3O2. The van der Waals surface area contributed by atoms with Crippen LogP contribution in [0.2, 0.25) is 0 Å². The fourth-order valence-electron chi connectivity index (χ4n) is 2.66. The van der Waals surface area contributed by atoms with Crippen molar-refractivity contribution in [2.45, 2.75) is 19.4 Å². The lowest BCUT2D eigenvalue weighted by Gasteiger charge is -2.28. The smallest absolute Gasteiger partial charge is 0.223 e. The average molecular weight is 303 g/mol. The molecule has 0 aromatic heterocycles. The summed E-state index contributed by atoms with van der Waals surface area (Å²) in [6.45, 7) is 2.94. The molecule has 1 N–H and O–H groups in total. The van der Waals surface area contributed by atoms with E-state index in [1.807, 2.05) is 25.2 Å². The molecule has 2 rings (SSSR count). The number of likely N-dealkylation sites (N-methyl/N-ethyl adjacent to an activating group) is 1. The summed E-state index contributed by atoms with van der Waals surface area (Å²) < 4.78 is 0. The molecule has 1 aromatic rings. The number of carbonyl (C=O) groups excluding carboxylic acids is 2. The van der Waals surface area contributed by atoms with E-state index in [2.05, 4.69) is 22.3 Å². The lowest BCUT2D eigenvalue weighted by molar-refractivity contribution is -0.139. The number of rotatable bonds is 6. The van der Waals surface area contributed by atoms with E-state index in [0.29, 0.717) is 19.5 Å². The lowest BCUT2D eigenvalue weighted by Crippen LogP contribution is -2.43. The molecule has 0 bridgehead atoms. The molecule has 2 amide bonds. The average Bonchev–Trinajstić information content (AvgIpc) is 2.51. The highest BCUT2D eigenvalue weighted by molar-refractivity contribution is 5.86. The Bertz CT molecular complexity index is 504. The van der Waals surface area contributed by atoms with Gasteiger partial charge >= 0.3 is 0 Å². The number of carbonyl (C=O) groups is 2. The lowest BCUT2D eigenvalue weighted by atomic mass is 9.96. The van der Waals surface area contributed by atoms with Gasteiger partial charge in [0.25, 0.3) is 0 Å². The molecule has 120 valence electrons. The molecule has 1 saturated heterocycles. The van der Waals surface area contributed by atoms with Crippen molar-refractivity contribution >= 4 is 11.8 Å². The molecule has 0 spiro atoms. The van der Waals surface area contributed by atoms with Gasteiger partial charge in [-0.05, 0) is 19.0 Å². The van der Waals surface area contributed by atoms with Crippen LogP contribution in [-0.4, -0.2) is 55.3 Å². The summed E-state index contributed by atoms with van der Waals surface area (Å²) in [4.78, 5) is 27.6. The fourth-order valence-corrected chi connectivity index (χ4v) is 2.66. The molecule has 0 aliphatic carbocycles. The van der Waals surface area contributed by atoms with Gasteiger partial charge in [-0.2, -0.15) is 0 Å². The maximum Gasteiger partial charge on any atom is 0.223 e. The zero-order valence-electron chi connectivity index (χ0n) is 13.4. The van der Waals surface area contributed by atoms with Gasteiger partial charge in [0, 0.05) is 45.6 Å². The van der Waals surface area contributed by atoms with Crippen molar-refractivity contribution in [3.05, 3.63) is 35.9 Å². The summed E-state index contributed by atoms with van der Waals surface area (Å²) in [5.74, 6) is -0.0923. The number of benzene rings is 1. The van der Waals surface area contributed by atoms with E-state index in [1.165, 1.54) is 5.56 Å². The highest BCUT2D eigenvalue weighted by atomic mass is 16.2. The molecule has 0 radical (unpaired) electrons. The largest absolute Gasteiger partial charge is 0.355 e. The van der Waals surface area contributed by atoms with Crippen LogP contribution in [0.25, 0.3) is 0 Å². The van der Waals surface area contributed by atoms with Crippen molar-refractivity contribution in [3.63, 3.8) is 0 Å². The predicted molar refractivity (Wildman–Crippen MR) is 86.1 cm³/mol. The summed E-state index contributed by atoms with van der Waals surface area (Å²) in [7, 11) is 3.83. The Morgan fingerprint density at radius 3 is 2.77 bits per heavy atom. The molecule has 1 aliphatic rings. The van der Waals surface area contributed by atoms with Crippen LogP contribution < -0.4 is 5.32 Å². The van der Waals surface area contributed by atoms with Gasteiger partial charge in [-0.3, -0.25) is 9.59 Å². The molecule has 1 fully saturated rings. The molecule has 22 heavy (non-hydrogen) atoms. The molecule has 1 atom stereocenters. The zero-order valence-corrected chi connectivity index (χ0v) is 13.4. The Labute approximate surface area is 132 Å². The van der Waals surface area contributed by atoms with E-state index in [4.69, 9.17) is 0 Å². The minimum Gasteiger partial charge on any atom is -0.355 e. The van der Waals surface area contributed by atoms with Gasteiger partial charge < -0.3 is 15.1 Å². The van der Waals surface area contributed by atoms with Gasteiger partial charge in [0.2, 0.25) is 11.8 Å². The second kappa shape index (κ2) is 7.94. The van der Waals surface area contributed by atoms with Crippen LogP contribution >= 0.6 is 0 Å². The van der Waals surface area contributed by atoms with Crippen molar-refractivity contribution < 1.29 is 9.59 Å². The van der Waals surface area contributed by atoms with Gasteiger partial charge in [-0.15, -0.1) is 0 Å². The van der Waals surface area contributed by atoms with E-state index in [-0.39, 0.29) is 17.7 Å². The maximum atomic E-state index is 12.1. The molecular weight excluding hydrogens is 278 g/mol. The number of hydrogen-bond donors (Lipinski definition) is 1. The van der Waals surface area contributed by atoms with Crippen LogP contribution in [0, 0.1) is 5.92 Å². The standard InChI is InChI=1S/C17H25N3O2/c1-19(13-14-6-4-3-5-7-14)11-9-18-17(22)15-8-10-20(2)16(21)12-15/h3-7,15H,8-13H2,1-2H3,(H,18,22)/t15-/m1/s1. The van der Waals surface area contributed by atoms with Gasteiger partial charge in [0.1, 0.15) is 0 Å². The highest BCUT2D eigenvalue weighted by Crippen LogP contribution is 2.17. The SMILES string of the molecule is CN(CCNC(=O)[C@@H]1CCN(C)C(=O)C1)Cc1ccccc1. The Hall–Kier alpha value is -1.88. The predicted octanol–water partition coefficient (Wildman–Crippen LogP) is 1.10. The number of likely N-dealkylation sites (tertiary alicyclic amines) is 1.